The van der Waals surface area contributed by atoms with Crippen molar-refractivity contribution >= 4 is 7.60 Å². The Morgan fingerprint density at radius 2 is 1.87 bits per heavy atom. The van der Waals surface area contributed by atoms with Gasteiger partial charge in [-0.25, -0.2) is 4.39 Å². The molecule has 0 bridgehead atoms. The molecule has 1 unspecified atom stereocenters. The zero-order valence-corrected chi connectivity index (χ0v) is 9.27. The summed E-state index contributed by atoms with van der Waals surface area (Å²) in [6, 6.07) is 0. The molecule has 0 saturated carbocycles. The summed E-state index contributed by atoms with van der Waals surface area (Å²) in [5.41, 5.74) is -1.80. The summed E-state index contributed by atoms with van der Waals surface area (Å²) < 4.78 is 59.6. The topological polar surface area (TPSA) is 35.5 Å². The maximum absolute atomic E-state index is 13.0. The van der Waals surface area contributed by atoms with Gasteiger partial charge in [-0.15, -0.1) is 0 Å². The van der Waals surface area contributed by atoms with Crippen molar-refractivity contribution in [2.45, 2.75) is 25.4 Å². The van der Waals surface area contributed by atoms with Gasteiger partial charge in [-0.2, -0.15) is 8.78 Å². The zero-order valence-electron chi connectivity index (χ0n) is 8.37. The molecule has 0 amide bonds. The van der Waals surface area contributed by atoms with E-state index in [1.54, 1.807) is 0 Å². The molecule has 0 N–H and O–H groups in total. The number of halogens is 3. The number of hydrogen-bond donors (Lipinski definition) is 0. The molecule has 0 spiro atoms. The van der Waals surface area contributed by atoms with Gasteiger partial charge >= 0.3 is 13.5 Å². The normalized spacial score (nSPS) is 24.6. The number of alkyl halides is 2. The summed E-state index contributed by atoms with van der Waals surface area (Å²) in [5, 5.41) is 0. The Morgan fingerprint density at radius 3 is 2.13 bits per heavy atom. The Labute approximate surface area is 85.8 Å². The van der Waals surface area contributed by atoms with Gasteiger partial charge in [-0.05, 0) is 19.9 Å². The van der Waals surface area contributed by atoms with Crippen molar-refractivity contribution in [3.05, 3.63) is 11.9 Å². The summed E-state index contributed by atoms with van der Waals surface area (Å²) >= 11 is 0. The van der Waals surface area contributed by atoms with E-state index in [1.165, 1.54) is 13.8 Å². The van der Waals surface area contributed by atoms with E-state index in [9.17, 15) is 17.7 Å². The van der Waals surface area contributed by atoms with Gasteiger partial charge in [0.1, 0.15) is 0 Å². The average molecular weight is 244 g/mol. The monoisotopic (exact) mass is 244 g/mol. The Morgan fingerprint density at radius 1 is 1.40 bits per heavy atom. The minimum absolute atomic E-state index is 0.0285. The molecule has 1 atom stereocenters. The largest absolute Gasteiger partial charge is 0.344 e. The predicted octanol–water partition coefficient (Wildman–Crippen LogP) is 3.12. The first-order valence-electron chi connectivity index (χ1n) is 4.53. The van der Waals surface area contributed by atoms with Gasteiger partial charge in [-0.1, -0.05) is 0 Å². The Balaban J connectivity index is 2.89. The van der Waals surface area contributed by atoms with Crippen molar-refractivity contribution in [1.82, 2.24) is 0 Å². The molecule has 0 aromatic carbocycles. The summed E-state index contributed by atoms with van der Waals surface area (Å²) in [6.45, 7) is 2.95. The van der Waals surface area contributed by atoms with Crippen LogP contribution in [0.1, 0.15) is 13.8 Å². The molecule has 0 aromatic rings. The zero-order chi connectivity index (χ0) is 11.7. The van der Waals surface area contributed by atoms with E-state index in [4.69, 9.17) is 9.05 Å². The lowest BCUT2D eigenvalue weighted by Gasteiger charge is -2.35. The van der Waals surface area contributed by atoms with Crippen LogP contribution in [-0.2, 0) is 13.6 Å². The molecule has 1 aliphatic rings. The third-order valence-electron chi connectivity index (χ3n) is 1.95. The third kappa shape index (κ3) is 2.12. The highest BCUT2D eigenvalue weighted by Crippen LogP contribution is 2.63. The molecular formula is C8H12F3O3P. The molecule has 15 heavy (non-hydrogen) atoms. The van der Waals surface area contributed by atoms with Gasteiger partial charge in [0.05, 0.1) is 13.2 Å². The maximum atomic E-state index is 13.0. The standard InChI is InChI=1S/C8H12F3O3P/c1-3-13-15(12,14-4-2)7-5-6(9)8(7,10)11/h5,7H,3-4H2,1-2H3. The van der Waals surface area contributed by atoms with Crippen LogP contribution in [0.2, 0.25) is 0 Å². The second-order valence-electron chi connectivity index (χ2n) is 2.96. The Hall–Kier alpha value is -0.320. The first-order chi connectivity index (χ1) is 6.88. The fraction of sp³-hybridized carbons (Fsp3) is 0.750. The van der Waals surface area contributed by atoms with E-state index in [0.717, 1.165) is 0 Å². The SMILES string of the molecule is CCOP(=O)(OCC)C1C=C(F)C1(F)F. The molecule has 7 heteroatoms. The maximum Gasteiger partial charge on any atom is 0.344 e. The van der Waals surface area contributed by atoms with Crippen LogP contribution in [0.3, 0.4) is 0 Å². The lowest BCUT2D eigenvalue weighted by Crippen LogP contribution is -2.42. The van der Waals surface area contributed by atoms with Crippen molar-refractivity contribution in [3.63, 3.8) is 0 Å². The second-order valence-corrected chi connectivity index (χ2v) is 5.11. The van der Waals surface area contributed by atoms with Crippen LogP contribution in [-0.4, -0.2) is 24.8 Å². The van der Waals surface area contributed by atoms with Crippen LogP contribution in [0.15, 0.2) is 11.9 Å². The summed E-state index contributed by atoms with van der Waals surface area (Å²) in [5.74, 6) is -5.31. The molecule has 0 aromatic heterocycles. The summed E-state index contributed by atoms with van der Waals surface area (Å²) in [6.07, 6.45) is 0.589. The Kier molecular flexibility index (Phi) is 3.63. The van der Waals surface area contributed by atoms with E-state index in [-0.39, 0.29) is 13.2 Å². The third-order valence-corrected chi connectivity index (χ3v) is 4.34. The van der Waals surface area contributed by atoms with E-state index < -0.39 is 25.0 Å². The van der Waals surface area contributed by atoms with E-state index in [1.807, 2.05) is 0 Å². The fourth-order valence-electron chi connectivity index (χ4n) is 1.25. The van der Waals surface area contributed by atoms with E-state index in [2.05, 4.69) is 0 Å². The molecule has 3 nitrogen and oxygen atoms in total. The number of hydrogen-bond acceptors (Lipinski definition) is 3. The first-order valence-corrected chi connectivity index (χ1v) is 6.14. The van der Waals surface area contributed by atoms with E-state index >= 15 is 0 Å². The smallest absolute Gasteiger partial charge is 0.308 e. The Bertz CT molecular complexity index is 306. The van der Waals surface area contributed by atoms with Crippen molar-refractivity contribution in [1.29, 1.82) is 0 Å². The molecule has 0 radical (unpaired) electrons. The second kappa shape index (κ2) is 4.28. The van der Waals surface area contributed by atoms with Crippen LogP contribution in [0, 0.1) is 0 Å². The highest BCUT2D eigenvalue weighted by Gasteiger charge is 2.61. The van der Waals surface area contributed by atoms with Crippen LogP contribution in [0.4, 0.5) is 13.2 Å². The minimum Gasteiger partial charge on any atom is -0.308 e. The van der Waals surface area contributed by atoms with Gasteiger partial charge in [0.15, 0.2) is 11.5 Å². The van der Waals surface area contributed by atoms with Crippen LogP contribution in [0.25, 0.3) is 0 Å². The van der Waals surface area contributed by atoms with Gasteiger partial charge < -0.3 is 9.05 Å². The first kappa shape index (κ1) is 12.7. The van der Waals surface area contributed by atoms with Crippen LogP contribution >= 0.6 is 7.60 Å². The van der Waals surface area contributed by atoms with Gasteiger partial charge in [0.2, 0.25) is 0 Å². The minimum atomic E-state index is -3.95. The lowest BCUT2D eigenvalue weighted by molar-refractivity contribution is -0.00782. The average Bonchev–Trinajstić information content (AvgIpc) is 2.14. The van der Waals surface area contributed by atoms with Crippen molar-refractivity contribution in [2.75, 3.05) is 13.2 Å². The number of allylic oxidation sites excluding steroid dienone is 2. The highest BCUT2D eigenvalue weighted by molar-refractivity contribution is 7.55. The van der Waals surface area contributed by atoms with Crippen molar-refractivity contribution in [3.8, 4) is 0 Å². The van der Waals surface area contributed by atoms with Crippen molar-refractivity contribution < 1.29 is 26.8 Å². The van der Waals surface area contributed by atoms with Crippen LogP contribution in [0.5, 0.6) is 0 Å². The van der Waals surface area contributed by atoms with Gasteiger partial charge in [0, 0.05) is 0 Å². The number of rotatable bonds is 5. The van der Waals surface area contributed by atoms with Crippen molar-refractivity contribution in [2.24, 2.45) is 0 Å². The molecule has 0 saturated heterocycles. The molecule has 1 rings (SSSR count). The molecule has 0 heterocycles. The predicted molar refractivity (Wildman–Crippen MR) is 48.8 cm³/mol. The molecule has 1 aliphatic carbocycles. The quantitative estimate of drug-likeness (QED) is 0.697. The van der Waals surface area contributed by atoms with Crippen LogP contribution < -0.4 is 0 Å². The van der Waals surface area contributed by atoms with Gasteiger partial charge in [-0.3, -0.25) is 4.57 Å². The molecule has 88 valence electrons. The molecular weight excluding hydrogens is 232 g/mol. The fourth-order valence-corrected chi connectivity index (χ4v) is 3.20. The van der Waals surface area contributed by atoms with E-state index in [0.29, 0.717) is 6.08 Å². The summed E-state index contributed by atoms with van der Waals surface area (Å²) in [4.78, 5) is 0. The highest BCUT2D eigenvalue weighted by atomic mass is 31.2. The molecule has 0 aliphatic heterocycles. The lowest BCUT2D eigenvalue weighted by atomic mass is 10.0. The summed E-state index contributed by atoms with van der Waals surface area (Å²) in [7, 11) is -3.95. The van der Waals surface area contributed by atoms with Gasteiger partial charge in [0.25, 0.3) is 0 Å². The molecule has 0 fully saturated rings.